The van der Waals surface area contributed by atoms with Crippen LogP contribution in [-0.2, 0) is 13.6 Å². The number of aromatic nitrogens is 3. The van der Waals surface area contributed by atoms with E-state index in [0.717, 1.165) is 42.9 Å². The fourth-order valence-corrected chi connectivity index (χ4v) is 3.57. The molecule has 1 aliphatic carbocycles. The Bertz CT molecular complexity index is 694. The number of benzene rings is 1. The maximum absolute atomic E-state index is 6.18. The molecule has 0 amide bonds. The van der Waals surface area contributed by atoms with Gasteiger partial charge >= 0.3 is 0 Å². The number of halogens is 1. The lowest BCUT2D eigenvalue weighted by Gasteiger charge is -2.36. The minimum atomic E-state index is 0.323. The average Bonchev–Trinajstić information content (AvgIpc) is 3.33. The predicted octanol–water partition coefficient (Wildman–Crippen LogP) is 2.49. The van der Waals surface area contributed by atoms with Gasteiger partial charge in [-0.25, -0.2) is 0 Å². The standard InChI is InChI=1S/C17H22ClN5/c1-22-16(20-21-17(22)12-5-6-12)11-23-8-7-19-10-15(23)13-3-2-4-14(18)9-13/h2-4,9,12,15,19H,5-8,10-11H2,1H3. The monoisotopic (exact) mass is 331 g/mol. The van der Waals surface area contributed by atoms with Crippen LogP contribution in [0.3, 0.4) is 0 Å². The zero-order valence-corrected chi connectivity index (χ0v) is 14.1. The van der Waals surface area contributed by atoms with Crippen molar-refractivity contribution in [2.24, 2.45) is 7.05 Å². The third kappa shape index (κ3) is 3.13. The number of nitrogens with zero attached hydrogens (tertiary/aromatic N) is 4. The Labute approximate surface area is 141 Å². The Hall–Kier alpha value is -1.43. The molecule has 1 saturated carbocycles. The normalized spacial score (nSPS) is 22.4. The number of piperazine rings is 1. The maximum atomic E-state index is 6.18. The summed E-state index contributed by atoms with van der Waals surface area (Å²) in [6.07, 6.45) is 2.51. The minimum Gasteiger partial charge on any atom is -0.317 e. The van der Waals surface area contributed by atoms with Gasteiger partial charge in [0.1, 0.15) is 11.6 Å². The largest absolute Gasteiger partial charge is 0.317 e. The topological polar surface area (TPSA) is 46.0 Å². The summed E-state index contributed by atoms with van der Waals surface area (Å²) in [4.78, 5) is 2.48. The van der Waals surface area contributed by atoms with Gasteiger partial charge in [0.15, 0.2) is 0 Å². The molecule has 4 rings (SSSR count). The molecule has 0 spiro atoms. The summed E-state index contributed by atoms with van der Waals surface area (Å²) in [7, 11) is 2.10. The van der Waals surface area contributed by atoms with Crippen molar-refractivity contribution in [1.29, 1.82) is 0 Å². The smallest absolute Gasteiger partial charge is 0.146 e. The molecule has 1 aromatic heterocycles. The van der Waals surface area contributed by atoms with Gasteiger partial charge in [-0.3, -0.25) is 4.90 Å². The third-order valence-electron chi connectivity index (χ3n) is 4.87. The van der Waals surface area contributed by atoms with Crippen molar-refractivity contribution >= 4 is 11.6 Å². The Morgan fingerprint density at radius 1 is 1.30 bits per heavy atom. The molecule has 2 aliphatic rings. The first-order valence-electron chi connectivity index (χ1n) is 8.31. The minimum absolute atomic E-state index is 0.323. The molecule has 1 atom stereocenters. The van der Waals surface area contributed by atoms with Crippen LogP contribution in [0.2, 0.25) is 5.02 Å². The summed E-state index contributed by atoms with van der Waals surface area (Å²) in [5.41, 5.74) is 1.26. The first-order chi connectivity index (χ1) is 11.2. The summed E-state index contributed by atoms with van der Waals surface area (Å²) < 4.78 is 2.19. The van der Waals surface area contributed by atoms with Crippen LogP contribution in [0.5, 0.6) is 0 Å². The van der Waals surface area contributed by atoms with Crippen LogP contribution < -0.4 is 5.32 Å². The van der Waals surface area contributed by atoms with Crippen molar-refractivity contribution in [3.63, 3.8) is 0 Å². The fraction of sp³-hybridized carbons (Fsp3) is 0.529. The molecular weight excluding hydrogens is 310 g/mol. The number of hydrogen-bond donors (Lipinski definition) is 1. The van der Waals surface area contributed by atoms with Gasteiger partial charge in [-0.2, -0.15) is 0 Å². The fourth-order valence-electron chi connectivity index (χ4n) is 3.37. The van der Waals surface area contributed by atoms with Gasteiger partial charge in [0.05, 0.1) is 6.54 Å². The summed E-state index contributed by atoms with van der Waals surface area (Å²) in [5.74, 6) is 2.84. The zero-order chi connectivity index (χ0) is 15.8. The van der Waals surface area contributed by atoms with E-state index in [1.54, 1.807) is 0 Å². The molecule has 0 bridgehead atoms. The van der Waals surface area contributed by atoms with Crippen molar-refractivity contribution in [2.75, 3.05) is 19.6 Å². The van der Waals surface area contributed by atoms with Gasteiger partial charge in [-0.15, -0.1) is 10.2 Å². The van der Waals surface area contributed by atoms with Gasteiger partial charge in [-0.1, -0.05) is 23.7 Å². The lowest BCUT2D eigenvalue weighted by Crippen LogP contribution is -2.45. The highest BCUT2D eigenvalue weighted by Crippen LogP contribution is 2.39. The quantitative estimate of drug-likeness (QED) is 0.935. The average molecular weight is 332 g/mol. The van der Waals surface area contributed by atoms with E-state index in [4.69, 9.17) is 11.6 Å². The second kappa shape index (κ2) is 6.23. The molecule has 1 aliphatic heterocycles. The summed E-state index contributed by atoms with van der Waals surface area (Å²) in [6, 6.07) is 8.50. The SMILES string of the molecule is Cn1c(CN2CCNCC2c2cccc(Cl)c2)nnc1C1CC1. The molecule has 122 valence electrons. The molecule has 2 aromatic rings. The zero-order valence-electron chi connectivity index (χ0n) is 13.4. The molecule has 2 heterocycles. The predicted molar refractivity (Wildman–Crippen MR) is 90.5 cm³/mol. The van der Waals surface area contributed by atoms with Gasteiger partial charge in [0, 0.05) is 43.7 Å². The van der Waals surface area contributed by atoms with Crippen LogP contribution >= 0.6 is 11.6 Å². The molecule has 1 saturated heterocycles. The Balaban J connectivity index is 1.56. The van der Waals surface area contributed by atoms with Crippen molar-refractivity contribution < 1.29 is 0 Å². The molecule has 2 fully saturated rings. The molecule has 1 N–H and O–H groups in total. The Kier molecular flexibility index (Phi) is 4.09. The summed E-state index contributed by atoms with van der Waals surface area (Å²) >= 11 is 6.18. The van der Waals surface area contributed by atoms with Crippen molar-refractivity contribution in [1.82, 2.24) is 25.0 Å². The van der Waals surface area contributed by atoms with Gasteiger partial charge in [-0.05, 0) is 30.5 Å². The van der Waals surface area contributed by atoms with E-state index >= 15 is 0 Å². The number of hydrogen-bond acceptors (Lipinski definition) is 4. The highest BCUT2D eigenvalue weighted by molar-refractivity contribution is 6.30. The van der Waals surface area contributed by atoms with E-state index in [9.17, 15) is 0 Å². The van der Waals surface area contributed by atoms with Crippen LogP contribution in [0, 0.1) is 0 Å². The second-order valence-corrected chi connectivity index (χ2v) is 6.99. The van der Waals surface area contributed by atoms with Crippen LogP contribution in [0.1, 0.15) is 42.0 Å². The van der Waals surface area contributed by atoms with Gasteiger partial charge in [0.25, 0.3) is 0 Å². The summed E-state index contributed by atoms with van der Waals surface area (Å²) in [5, 5.41) is 13.1. The highest BCUT2D eigenvalue weighted by atomic mass is 35.5. The van der Waals surface area contributed by atoms with Crippen LogP contribution in [-0.4, -0.2) is 39.3 Å². The van der Waals surface area contributed by atoms with E-state index in [1.165, 1.54) is 18.4 Å². The summed E-state index contributed by atoms with van der Waals surface area (Å²) in [6.45, 7) is 3.77. The molecule has 6 heteroatoms. The highest BCUT2D eigenvalue weighted by Gasteiger charge is 2.30. The number of rotatable bonds is 4. The Morgan fingerprint density at radius 2 is 2.17 bits per heavy atom. The van der Waals surface area contributed by atoms with E-state index in [2.05, 4.69) is 44.2 Å². The molecular formula is C17H22ClN5. The molecule has 0 radical (unpaired) electrons. The van der Waals surface area contributed by atoms with Crippen molar-refractivity contribution in [3.8, 4) is 0 Å². The molecule has 23 heavy (non-hydrogen) atoms. The Morgan fingerprint density at radius 3 is 2.96 bits per heavy atom. The maximum Gasteiger partial charge on any atom is 0.146 e. The first-order valence-corrected chi connectivity index (χ1v) is 8.68. The van der Waals surface area contributed by atoms with Crippen LogP contribution in [0.25, 0.3) is 0 Å². The van der Waals surface area contributed by atoms with Crippen molar-refractivity contribution in [2.45, 2.75) is 31.3 Å². The number of nitrogens with one attached hydrogen (secondary N) is 1. The molecule has 5 nitrogen and oxygen atoms in total. The third-order valence-corrected chi connectivity index (χ3v) is 5.11. The van der Waals surface area contributed by atoms with E-state index in [1.807, 2.05) is 12.1 Å². The first kappa shape index (κ1) is 15.1. The van der Waals surface area contributed by atoms with Crippen molar-refractivity contribution in [3.05, 3.63) is 46.5 Å². The second-order valence-electron chi connectivity index (χ2n) is 6.55. The lowest BCUT2D eigenvalue weighted by atomic mass is 10.0. The van der Waals surface area contributed by atoms with Crippen LogP contribution in [0.15, 0.2) is 24.3 Å². The van der Waals surface area contributed by atoms with Gasteiger partial charge < -0.3 is 9.88 Å². The molecule has 1 unspecified atom stereocenters. The molecule has 1 aromatic carbocycles. The van der Waals surface area contributed by atoms with E-state index < -0.39 is 0 Å². The van der Waals surface area contributed by atoms with E-state index in [-0.39, 0.29) is 0 Å². The van der Waals surface area contributed by atoms with Gasteiger partial charge in [0.2, 0.25) is 0 Å². The van der Waals surface area contributed by atoms with E-state index in [0.29, 0.717) is 12.0 Å². The van der Waals surface area contributed by atoms with Crippen LogP contribution in [0.4, 0.5) is 0 Å². The lowest BCUT2D eigenvalue weighted by molar-refractivity contribution is 0.148.